The van der Waals surface area contributed by atoms with Crippen molar-refractivity contribution in [2.24, 2.45) is 17.2 Å². The molecule has 4 heteroatoms. The first-order valence-corrected chi connectivity index (χ1v) is 7.90. The fourth-order valence-corrected chi connectivity index (χ4v) is 3.61. The number of carbonyl (C=O) groups is 1. The molecule has 0 spiro atoms. The first kappa shape index (κ1) is 15.8. The molecule has 1 aliphatic rings. The number of carbonyl (C=O) groups excluding carboxylic acids is 1. The van der Waals surface area contributed by atoms with E-state index in [1.165, 1.54) is 32.1 Å². The van der Waals surface area contributed by atoms with Crippen LogP contribution in [0, 0.1) is 11.3 Å². The van der Waals surface area contributed by atoms with Gasteiger partial charge >= 0.3 is 0 Å². The average Bonchev–Trinajstić information content (AvgIpc) is 2.92. The normalized spacial score (nSPS) is 17.0. The van der Waals surface area contributed by atoms with Crippen LogP contribution >= 0.6 is 0 Å². The van der Waals surface area contributed by atoms with E-state index < -0.39 is 0 Å². The summed E-state index contributed by atoms with van der Waals surface area (Å²) in [6, 6.07) is 7.33. The second kappa shape index (κ2) is 6.94. The van der Waals surface area contributed by atoms with Crippen LogP contribution in [0.4, 0.5) is 5.69 Å². The molecule has 1 aromatic rings. The van der Waals surface area contributed by atoms with Crippen molar-refractivity contribution >= 4 is 11.6 Å². The fraction of sp³-hybridized carbons (Fsp3) is 0.588. The molecule has 0 saturated heterocycles. The van der Waals surface area contributed by atoms with Gasteiger partial charge in [0.1, 0.15) is 0 Å². The maximum Gasteiger partial charge on any atom is 0.253 e. The summed E-state index contributed by atoms with van der Waals surface area (Å²) in [5, 5.41) is 3.13. The first-order chi connectivity index (χ1) is 10.1. The Morgan fingerprint density at radius 2 is 1.95 bits per heavy atom. The Bertz CT molecular complexity index is 479. The number of nitrogens with two attached hydrogens (primary N) is 1. The maximum atomic E-state index is 12.4. The lowest BCUT2D eigenvalue weighted by Crippen LogP contribution is -2.37. The number of amides is 1. The molecule has 1 aromatic carbocycles. The van der Waals surface area contributed by atoms with E-state index in [-0.39, 0.29) is 11.3 Å². The summed E-state index contributed by atoms with van der Waals surface area (Å²) in [5.74, 6) is 6.09. The van der Waals surface area contributed by atoms with E-state index in [1.807, 2.05) is 18.2 Å². The molecule has 0 atom stereocenters. The van der Waals surface area contributed by atoms with Crippen LogP contribution < -0.4 is 16.6 Å². The van der Waals surface area contributed by atoms with Gasteiger partial charge in [0.05, 0.1) is 11.3 Å². The SMILES string of the molecule is CC(C)CC1(CNC(=O)c2ccccc2NN)CCCC1. The number of hydrazine groups is 1. The molecule has 1 amide bonds. The smallest absolute Gasteiger partial charge is 0.253 e. The largest absolute Gasteiger partial charge is 0.351 e. The van der Waals surface area contributed by atoms with Gasteiger partial charge in [0.25, 0.3) is 5.91 Å². The molecule has 0 radical (unpaired) electrons. The fourth-order valence-electron chi connectivity index (χ4n) is 3.61. The molecule has 21 heavy (non-hydrogen) atoms. The molecule has 0 bridgehead atoms. The Balaban J connectivity index is 2.02. The minimum Gasteiger partial charge on any atom is -0.351 e. The van der Waals surface area contributed by atoms with Crippen molar-refractivity contribution in [3.05, 3.63) is 29.8 Å². The van der Waals surface area contributed by atoms with E-state index in [9.17, 15) is 4.79 Å². The second-order valence-corrected chi connectivity index (χ2v) is 6.68. The van der Waals surface area contributed by atoms with Crippen molar-refractivity contribution in [3.63, 3.8) is 0 Å². The highest BCUT2D eigenvalue weighted by molar-refractivity contribution is 5.99. The molecule has 4 N–H and O–H groups in total. The van der Waals surface area contributed by atoms with Crippen LogP contribution in [0.25, 0.3) is 0 Å². The number of nitrogens with one attached hydrogen (secondary N) is 2. The van der Waals surface area contributed by atoms with Crippen molar-refractivity contribution < 1.29 is 4.79 Å². The molecule has 0 heterocycles. The summed E-state index contributed by atoms with van der Waals surface area (Å²) in [6.07, 6.45) is 6.20. The van der Waals surface area contributed by atoms with Gasteiger partial charge in [-0.2, -0.15) is 0 Å². The third-order valence-corrected chi connectivity index (χ3v) is 4.46. The number of anilines is 1. The number of para-hydroxylation sites is 1. The van der Waals surface area contributed by atoms with E-state index >= 15 is 0 Å². The molecule has 1 fully saturated rings. The summed E-state index contributed by atoms with van der Waals surface area (Å²) in [4.78, 5) is 12.4. The molecular weight excluding hydrogens is 262 g/mol. The topological polar surface area (TPSA) is 67.2 Å². The Hall–Kier alpha value is -1.55. The number of rotatable bonds is 6. The molecule has 0 aromatic heterocycles. The Morgan fingerprint density at radius 1 is 1.29 bits per heavy atom. The van der Waals surface area contributed by atoms with Crippen molar-refractivity contribution in [1.29, 1.82) is 0 Å². The van der Waals surface area contributed by atoms with Gasteiger partial charge in [-0.1, -0.05) is 38.8 Å². The van der Waals surface area contributed by atoms with Gasteiger partial charge in [-0.3, -0.25) is 10.6 Å². The predicted octanol–water partition coefficient (Wildman–Crippen LogP) is 3.31. The Morgan fingerprint density at radius 3 is 2.57 bits per heavy atom. The average molecular weight is 289 g/mol. The monoisotopic (exact) mass is 289 g/mol. The van der Waals surface area contributed by atoms with Crippen molar-refractivity contribution in [2.45, 2.75) is 46.0 Å². The highest BCUT2D eigenvalue weighted by atomic mass is 16.1. The maximum absolute atomic E-state index is 12.4. The molecule has 2 rings (SSSR count). The third kappa shape index (κ3) is 3.97. The number of hydrogen-bond donors (Lipinski definition) is 3. The van der Waals surface area contributed by atoms with Gasteiger partial charge in [-0.15, -0.1) is 0 Å². The summed E-state index contributed by atoms with van der Waals surface area (Å²) >= 11 is 0. The zero-order valence-electron chi connectivity index (χ0n) is 13.1. The molecule has 4 nitrogen and oxygen atoms in total. The summed E-state index contributed by atoms with van der Waals surface area (Å²) in [6.45, 7) is 5.29. The molecule has 116 valence electrons. The molecule has 1 saturated carbocycles. The van der Waals surface area contributed by atoms with Gasteiger partial charge in [0.15, 0.2) is 0 Å². The summed E-state index contributed by atoms with van der Waals surface area (Å²) < 4.78 is 0. The van der Waals surface area contributed by atoms with Gasteiger partial charge in [-0.25, -0.2) is 0 Å². The minimum absolute atomic E-state index is 0.0430. The van der Waals surface area contributed by atoms with Gasteiger partial charge < -0.3 is 10.7 Å². The Labute approximate surface area is 127 Å². The van der Waals surface area contributed by atoms with E-state index in [0.717, 1.165) is 6.54 Å². The van der Waals surface area contributed by atoms with Gasteiger partial charge in [-0.05, 0) is 42.7 Å². The predicted molar refractivity (Wildman–Crippen MR) is 86.9 cm³/mol. The van der Waals surface area contributed by atoms with Gasteiger partial charge in [0.2, 0.25) is 0 Å². The number of benzene rings is 1. The van der Waals surface area contributed by atoms with Crippen molar-refractivity contribution in [2.75, 3.05) is 12.0 Å². The van der Waals surface area contributed by atoms with Crippen LogP contribution in [0.5, 0.6) is 0 Å². The molecular formula is C17H27N3O. The van der Waals surface area contributed by atoms with Crippen LogP contribution in [0.1, 0.15) is 56.3 Å². The highest BCUT2D eigenvalue weighted by Gasteiger charge is 2.34. The van der Waals surface area contributed by atoms with Crippen LogP contribution in [-0.4, -0.2) is 12.5 Å². The lowest BCUT2D eigenvalue weighted by atomic mass is 9.78. The number of nitrogen functional groups attached to an aromatic ring is 1. The summed E-state index contributed by atoms with van der Waals surface area (Å²) in [5.41, 5.74) is 4.15. The number of hydrogen-bond acceptors (Lipinski definition) is 3. The zero-order valence-corrected chi connectivity index (χ0v) is 13.1. The van der Waals surface area contributed by atoms with Crippen LogP contribution in [-0.2, 0) is 0 Å². The van der Waals surface area contributed by atoms with Crippen molar-refractivity contribution in [3.8, 4) is 0 Å². The van der Waals surface area contributed by atoms with Crippen LogP contribution in [0.3, 0.4) is 0 Å². The minimum atomic E-state index is -0.0430. The van der Waals surface area contributed by atoms with E-state index in [2.05, 4.69) is 24.6 Å². The van der Waals surface area contributed by atoms with Gasteiger partial charge in [0, 0.05) is 6.54 Å². The third-order valence-electron chi connectivity index (χ3n) is 4.46. The van der Waals surface area contributed by atoms with E-state index in [0.29, 0.717) is 17.2 Å². The Kier molecular flexibility index (Phi) is 5.23. The quantitative estimate of drug-likeness (QED) is 0.556. The first-order valence-electron chi connectivity index (χ1n) is 7.90. The molecule has 0 aliphatic heterocycles. The van der Waals surface area contributed by atoms with Crippen LogP contribution in [0.15, 0.2) is 24.3 Å². The van der Waals surface area contributed by atoms with E-state index in [4.69, 9.17) is 5.84 Å². The standard InChI is InChI=1S/C17H27N3O/c1-13(2)11-17(9-5-6-10-17)12-19-16(21)14-7-3-4-8-15(14)20-18/h3-4,7-8,13,20H,5-6,9-12,18H2,1-2H3,(H,19,21). The second-order valence-electron chi connectivity index (χ2n) is 6.68. The van der Waals surface area contributed by atoms with E-state index in [1.54, 1.807) is 6.07 Å². The summed E-state index contributed by atoms with van der Waals surface area (Å²) in [7, 11) is 0. The lowest BCUT2D eigenvalue weighted by Gasteiger charge is -2.31. The lowest BCUT2D eigenvalue weighted by molar-refractivity contribution is 0.0922. The zero-order chi connectivity index (χ0) is 15.3. The molecule has 1 aliphatic carbocycles. The molecule has 0 unspecified atom stereocenters. The van der Waals surface area contributed by atoms with Crippen LogP contribution in [0.2, 0.25) is 0 Å². The van der Waals surface area contributed by atoms with Crippen molar-refractivity contribution in [1.82, 2.24) is 5.32 Å². The highest BCUT2D eigenvalue weighted by Crippen LogP contribution is 2.42.